The van der Waals surface area contributed by atoms with Gasteiger partial charge < -0.3 is 14.4 Å². The van der Waals surface area contributed by atoms with Crippen molar-refractivity contribution in [1.82, 2.24) is 9.88 Å². The Bertz CT molecular complexity index is 436. The maximum absolute atomic E-state index is 11.8. The fourth-order valence-electron chi connectivity index (χ4n) is 2.40. The molecule has 1 atom stereocenters. The second-order valence-corrected chi connectivity index (χ2v) is 4.79. The molecule has 0 aliphatic carbocycles. The summed E-state index contributed by atoms with van der Waals surface area (Å²) >= 11 is 0. The van der Waals surface area contributed by atoms with Gasteiger partial charge in [0.25, 0.3) is 0 Å². The van der Waals surface area contributed by atoms with E-state index < -0.39 is 0 Å². The van der Waals surface area contributed by atoms with Gasteiger partial charge in [-0.15, -0.1) is 0 Å². The normalized spacial score (nSPS) is 18.9. The van der Waals surface area contributed by atoms with E-state index in [1.807, 2.05) is 17.0 Å². The first-order chi connectivity index (χ1) is 9.22. The van der Waals surface area contributed by atoms with E-state index in [0.717, 1.165) is 24.4 Å². The molecule has 1 aliphatic heterocycles. The summed E-state index contributed by atoms with van der Waals surface area (Å²) in [5.74, 6) is 1.36. The second kappa shape index (κ2) is 6.52. The molecule has 0 spiro atoms. The van der Waals surface area contributed by atoms with Crippen LogP contribution in [0.1, 0.15) is 12.1 Å². The highest BCUT2D eigenvalue weighted by atomic mass is 16.5. The molecular formula is C14H20N2O3. The van der Waals surface area contributed by atoms with E-state index in [1.54, 1.807) is 20.4 Å². The first-order valence-electron chi connectivity index (χ1n) is 6.48. The monoisotopic (exact) mass is 264 g/mol. The summed E-state index contributed by atoms with van der Waals surface area (Å²) in [7, 11) is 3.29. The number of hydrogen-bond donors (Lipinski definition) is 0. The Hall–Kier alpha value is -1.62. The summed E-state index contributed by atoms with van der Waals surface area (Å²) in [6, 6.07) is 3.76. The van der Waals surface area contributed by atoms with Gasteiger partial charge >= 0.3 is 0 Å². The number of amides is 1. The Morgan fingerprint density at radius 2 is 2.32 bits per heavy atom. The Morgan fingerprint density at radius 3 is 3.05 bits per heavy atom. The van der Waals surface area contributed by atoms with Gasteiger partial charge in [-0.2, -0.15) is 0 Å². The first kappa shape index (κ1) is 13.8. The largest absolute Gasteiger partial charge is 0.497 e. The van der Waals surface area contributed by atoms with E-state index in [4.69, 9.17) is 9.47 Å². The van der Waals surface area contributed by atoms with Crippen molar-refractivity contribution in [3.8, 4) is 5.75 Å². The Labute approximate surface area is 113 Å². The molecule has 1 aliphatic rings. The van der Waals surface area contributed by atoms with E-state index in [2.05, 4.69) is 4.98 Å². The van der Waals surface area contributed by atoms with Gasteiger partial charge in [0.05, 0.1) is 13.7 Å². The maximum Gasteiger partial charge on any atom is 0.223 e. The van der Waals surface area contributed by atoms with Crippen molar-refractivity contribution in [2.75, 3.05) is 33.9 Å². The number of pyridine rings is 1. The lowest BCUT2D eigenvalue weighted by atomic mass is 10.0. The smallest absolute Gasteiger partial charge is 0.223 e. The lowest BCUT2D eigenvalue weighted by Gasteiger charge is -2.15. The van der Waals surface area contributed by atoms with Crippen molar-refractivity contribution in [2.45, 2.75) is 12.8 Å². The standard InChI is InChI=1S/C14H20N2O3/c1-18-6-5-16-10-11(8-14(16)17)7-12-9-13(19-2)3-4-15-12/h3-4,9,11H,5-8,10H2,1-2H3/t11-/m1/s1. The van der Waals surface area contributed by atoms with Crippen LogP contribution in [0.15, 0.2) is 18.3 Å². The van der Waals surface area contributed by atoms with Crippen molar-refractivity contribution < 1.29 is 14.3 Å². The van der Waals surface area contributed by atoms with Crippen LogP contribution in [-0.2, 0) is 16.0 Å². The van der Waals surface area contributed by atoms with Gasteiger partial charge in [0.15, 0.2) is 0 Å². The quantitative estimate of drug-likeness (QED) is 0.773. The highest BCUT2D eigenvalue weighted by Crippen LogP contribution is 2.22. The van der Waals surface area contributed by atoms with E-state index in [9.17, 15) is 4.79 Å². The molecule has 2 heterocycles. The highest BCUT2D eigenvalue weighted by molar-refractivity contribution is 5.78. The molecule has 19 heavy (non-hydrogen) atoms. The molecule has 1 aromatic heterocycles. The van der Waals surface area contributed by atoms with Crippen LogP contribution < -0.4 is 4.74 Å². The number of rotatable bonds is 6. The second-order valence-electron chi connectivity index (χ2n) is 4.79. The van der Waals surface area contributed by atoms with Crippen LogP contribution in [0, 0.1) is 5.92 Å². The topological polar surface area (TPSA) is 51.7 Å². The fourth-order valence-corrected chi connectivity index (χ4v) is 2.40. The van der Waals surface area contributed by atoms with Gasteiger partial charge in [0.2, 0.25) is 5.91 Å². The predicted octanol–water partition coefficient (Wildman–Crippen LogP) is 1.13. The Kier molecular flexibility index (Phi) is 4.74. The van der Waals surface area contributed by atoms with E-state index in [0.29, 0.717) is 25.5 Å². The minimum Gasteiger partial charge on any atom is -0.497 e. The van der Waals surface area contributed by atoms with E-state index >= 15 is 0 Å². The van der Waals surface area contributed by atoms with Crippen molar-refractivity contribution in [3.05, 3.63) is 24.0 Å². The zero-order chi connectivity index (χ0) is 13.7. The van der Waals surface area contributed by atoms with Gasteiger partial charge in [-0.1, -0.05) is 0 Å². The number of carbonyl (C=O) groups excluding carboxylic acids is 1. The molecule has 0 unspecified atom stereocenters. The van der Waals surface area contributed by atoms with E-state index in [-0.39, 0.29) is 5.91 Å². The van der Waals surface area contributed by atoms with Crippen molar-refractivity contribution in [3.63, 3.8) is 0 Å². The van der Waals surface area contributed by atoms with Gasteiger partial charge in [-0.3, -0.25) is 9.78 Å². The molecule has 0 saturated carbocycles. The molecule has 2 rings (SSSR count). The zero-order valence-electron chi connectivity index (χ0n) is 11.5. The molecule has 1 amide bonds. The number of carbonyl (C=O) groups is 1. The summed E-state index contributed by atoms with van der Waals surface area (Å²) in [6.07, 6.45) is 3.16. The van der Waals surface area contributed by atoms with Gasteiger partial charge in [0, 0.05) is 44.6 Å². The van der Waals surface area contributed by atoms with Crippen LogP contribution >= 0.6 is 0 Å². The lowest BCUT2D eigenvalue weighted by molar-refractivity contribution is -0.128. The summed E-state index contributed by atoms with van der Waals surface area (Å²) < 4.78 is 10.2. The third-order valence-electron chi connectivity index (χ3n) is 3.38. The third-order valence-corrected chi connectivity index (χ3v) is 3.38. The summed E-state index contributed by atoms with van der Waals surface area (Å²) in [5.41, 5.74) is 0.978. The predicted molar refractivity (Wildman–Crippen MR) is 71.1 cm³/mol. The molecular weight excluding hydrogens is 244 g/mol. The Morgan fingerprint density at radius 1 is 1.47 bits per heavy atom. The van der Waals surface area contributed by atoms with Crippen molar-refractivity contribution >= 4 is 5.91 Å². The number of hydrogen-bond acceptors (Lipinski definition) is 4. The molecule has 1 aromatic rings. The highest BCUT2D eigenvalue weighted by Gasteiger charge is 2.29. The number of aromatic nitrogens is 1. The summed E-state index contributed by atoms with van der Waals surface area (Å²) in [4.78, 5) is 18.0. The van der Waals surface area contributed by atoms with Crippen LogP contribution in [0.25, 0.3) is 0 Å². The van der Waals surface area contributed by atoms with Crippen molar-refractivity contribution in [2.24, 2.45) is 5.92 Å². The van der Waals surface area contributed by atoms with Crippen molar-refractivity contribution in [1.29, 1.82) is 0 Å². The molecule has 0 radical (unpaired) electrons. The van der Waals surface area contributed by atoms with Crippen LogP contribution in [0.2, 0.25) is 0 Å². The number of methoxy groups -OCH3 is 2. The number of ether oxygens (including phenoxy) is 2. The van der Waals surface area contributed by atoms with Gasteiger partial charge in [-0.05, 0) is 18.4 Å². The molecule has 0 N–H and O–H groups in total. The minimum absolute atomic E-state index is 0.213. The minimum atomic E-state index is 0.213. The van der Waals surface area contributed by atoms with Crippen LogP contribution in [-0.4, -0.2) is 49.7 Å². The average molecular weight is 264 g/mol. The van der Waals surface area contributed by atoms with E-state index in [1.165, 1.54) is 0 Å². The molecule has 0 aromatic carbocycles. The SMILES string of the molecule is COCCN1C[C@H](Cc2cc(OC)ccn2)CC1=O. The van der Waals surface area contributed by atoms with Gasteiger partial charge in [0.1, 0.15) is 5.75 Å². The maximum atomic E-state index is 11.8. The molecule has 1 saturated heterocycles. The molecule has 104 valence electrons. The average Bonchev–Trinajstić information content (AvgIpc) is 2.76. The first-order valence-corrected chi connectivity index (χ1v) is 6.48. The summed E-state index contributed by atoms with van der Waals surface area (Å²) in [6.45, 7) is 2.06. The van der Waals surface area contributed by atoms with Gasteiger partial charge in [-0.25, -0.2) is 0 Å². The third kappa shape index (κ3) is 3.67. The van der Waals surface area contributed by atoms with Crippen LogP contribution in [0.3, 0.4) is 0 Å². The number of nitrogens with zero attached hydrogens (tertiary/aromatic N) is 2. The molecule has 5 heteroatoms. The fraction of sp³-hybridized carbons (Fsp3) is 0.571. The van der Waals surface area contributed by atoms with Crippen LogP contribution in [0.4, 0.5) is 0 Å². The molecule has 0 bridgehead atoms. The number of likely N-dealkylation sites (tertiary alicyclic amines) is 1. The molecule has 1 fully saturated rings. The summed E-state index contributed by atoms with van der Waals surface area (Å²) in [5, 5.41) is 0. The lowest BCUT2D eigenvalue weighted by Crippen LogP contribution is -2.28. The zero-order valence-corrected chi connectivity index (χ0v) is 11.5. The Balaban J connectivity index is 1.91. The van der Waals surface area contributed by atoms with Crippen LogP contribution in [0.5, 0.6) is 5.75 Å². The molecule has 5 nitrogen and oxygen atoms in total.